The summed E-state index contributed by atoms with van der Waals surface area (Å²) in [6, 6.07) is 8.25. The average Bonchev–Trinajstić information content (AvgIpc) is 3.45. The Kier molecular flexibility index (Phi) is 4.49. The molecule has 2 bridgehead atoms. The predicted molar refractivity (Wildman–Crippen MR) is 108 cm³/mol. The van der Waals surface area contributed by atoms with Crippen LogP contribution in [0.5, 0.6) is 0 Å². The number of piperidine rings is 1. The van der Waals surface area contributed by atoms with Gasteiger partial charge in [-0.2, -0.15) is 4.98 Å². The van der Waals surface area contributed by atoms with Crippen LogP contribution in [0.15, 0.2) is 41.1 Å². The first kappa shape index (κ1) is 18.7. The summed E-state index contributed by atoms with van der Waals surface area (Å²) in [5.74, 6) is 1.24. The van der Waals surface area contributed by atoms with Gasteiger partial charge in [0.2, 0.25) is 0 Å². The summed E-state index contributed by atoms with van der Waals surface area (Å²) in [5.41, 5.74) is 1.80. The van der Waals surface area contributed by atoms with E-state index in [2.05, 4.69) is 20.4 Å². The lowest BCUT2D eigenvalue weighted by molar-refractivity contribution is 0.0692. The van der Waals surface area contributed by atoms with Crippen LogP contribution in [0.3, 0.4) is 0 Å². The van der Waals surface area contributed by atoms with E-state index in [1.807, 2.05) is 30.2 Å². The second kappa shape index (κ2) is 7.19. The number of aryl methyl sites for hydroxylation is 2. The lowest BCUT2D eigenvalue weighted by Crippen LogP contribution is -2.47. The molecule has 3 aromatic rings. The van der Waals surface area contributed by atoms with Gasteiger partial charge in [-0.25, -0.2) is 9.37 Å². The molecule has 2 aromatic heterocycles. The SMILES string of the molecule is Cc1ccc(NC2CC3CC2N(C(=O)c2ccc(F)cc2-c2nc(C)no2)C3)nc1. The fourth-order valence-corrected chi connectivity index (χ4v) is 4.60. The van der Waals surface area contributed by atoms with Crippen molar-refractivity contribution in [2.45, 2.75) is 38.8 Å². The standard InChI is InChI=1S/C22H22FN5O2/c1-12-3-6-20(24-10-12)26-18-7-14-8-19(18)28(11-14)22(29)16-5-4-15(23)9-17(16)21-25-13(2)27-30-21/h3-6,9-10,14,18-19H,7-8,11H2,1-2H3,(H,24,26). The highest BCUT2D eigenvalue weighted by Gasteiger charge is 2.47. The zero-order chi connectivity index (χ0) is 20.8. The number of nitrogens with one attached hydrogen (secondary N) is 1. The third kappa shape index (κ3) is 3.32. The molecule has 0 radical (unpaired) electrons. The maximum atomic E-state index is 13.9. The van der Waals surface area contributed by atoms with Gasteiger partial charge in [-0.1, -0.05) is 11.2 Å². The number of nitrogens with zero attached hydrogens (tertiary/aromatic N) is 4. The normalized spacial score (nSPS) is 22.5. The topological polar surface area (TPSA) is 84.2 Å². The van der Waals surface area contributed by atoms with E-state index in [0.29, 0.717) is 29.4 Å². The highest BCUT2D eigenvalue weighted by molar-refractivity contribution is 6.00. The zero-order valence-corrected chi connectivity index (χ0v) is 16.8. The van der Waals surface area contributed by atoms with Crippen molar-refractivity contribution in [1.29, 1.82) is 0 Å². The number of likely N-dealkylation sites (tertiary alicyclic amines) is 1. The molecule has 0 spiro atoms. The summed E-state index contributed by atoms with van der Waals surface area (Å²) in [6.45, 7) is 4.38. The Balaban J connectivity index is 1.41. The predicted octanol–water partition coefficient (Wildman–Crippen LogP) is 3.60. The van der Waals surface area contributed by atoms with Gasteiger partial charge in [-0.05, 0) is 62.4 Å². The maximum absolute atomic E-state index is 13.9. The van der Waals surface area contributed by atoms with Gasteiger partial charge >= 0.3 is 0 Å². The van der Waals surface area contributed by atoms with Crippen molar-refractivity contribution in [2.75, 3.05) is 11.9 Å². The van der Waals surface area contributed by atoms with E-state index < -0.39 is 5.82 Å². The monoisotopic (exact) mass is 407 g/mol. The number of amides is 1. The van der Waals surface area contributed by atoms with Gasteiger partial charge in [-0.3, -0.25) is 4.79 Å². The third-order valence-electron chi connectivity index (χ3n) is 5.96. The van der Waals surface area contributed by atoms with E-state index in [0.717, 1.165) is 24.2 Å². The summed E-state index contributed by atoms with van der Waals surface area (Å²) in [6.07, 6.45) is 3.78. The molecule has 1 aromatic carbocycles. The molecule has 5 rings (SSSR count). The van der Waals surface area contributed by atoms with Crippen LogP contribution in [0.25, 0.3) is 11.5 Å². The van der Waals surface area contributed by atoms with Crippen molar-refractivity contribution in [1.82, 2.24) is 20.0 Å². The largest absolute Gasteiger partial charge is 0.365 e. The molecule has 2 aliphatic rings. The Bertz CT molecular complexity index is 1100. The fraction of sp³-hybridized carbons (Fsp3) is 0.364. The van der Waals surface area contributed by atoms with Crippen LogP contribution in [0.4, 0.5) is 10.2 Å². The Hall–Kier alpha value is -3.29. The van der Waals surface area contributed by atoms with Gasteiger partial charge in [0.15, 0.2) is 5.82 Å². The van der Waals surface area contributed by atoms with Gasteiger partial charge in [0.05, 0.1) is 17.2 Å². The van der Waals surface area contributed by atoms with Gasteiger partial charge in [-0.15, -0.1) is 0 Å². The van der Waals surface area contributed by atoms with Gasteiger partial charge < -0.3 is 14.7 Å². The van der Waals surface area contributed by atoms with Crippen molar-refractivity contribution in [3.8, 4) is 11.5 Å². The van der Waals surface area contributed by atoms with Crippen molar-refractivity contribution in [3.63, 3.8) is 0 Å². The zero-order valence-electron chi connectivity index (χ0n) is 16.8. The van der Waals surface area contributed by atoms with Gasteiger partial charge in [0.1, 0.15) is 11.6 Å². The Morgan fingerprint density at radius 2 is 2.10 bits per heavy atom. The molecule has 7 nitrogen and oxygen atoms in total. The van der Waals surface area contributed by atoms with E-state index in [1.54, 1.807) is 6.92 Å². The quantitative estimate of drug-likeness (QED) is 0.711. The lowest BCUT2D eigenvalue weighted by Gasteiger charge is -2.34. The van der Waals surface area contributed by atoms with Crippen LogP contribution in [0, 0.1) is 25.6 Å². The number of rotatable bonds is 4. The van der Waals surface area contributed by atoms with Crippen molar-refractivity contribution in [3.05, 3.63) is 59.3 Å². The number of hydrogen-bond donors (Lipinski definition) is 1. The molecule has 1 saturated carbocycles. The Morgan fingerprint density at radius 3 is 2.80 bits per heavy atom. The summed E-state index contributed by atoms with van der Waals surface area (Å²) in [7, 11) is 0. The van der Waals surface area contributed by atoms with E-state index in [-0.39, 0.29) is 23.9 Å². The molecule has 8 heteroatoms. The molecule has 1 aliphatic carbocycles. The number of halogens is 1. The Morgan fingerprint density at radius 1 is 1.23 bits per heavy atom. The van der Waals surface area contributed by atoms with E-state index in [1.165, 1.54) is 18.2 Å². The molecule has 1 saturated heterocycles. The van der Waals surface area contributed by atoms with E-state index in [9.17, 15) is 9.18 Å². The van der Waals surface area contributed by atoms with Crippen LogP contribution in [0.1, 0.15) is 34.6 Å². The van der Waals surface area contributed by atoms with E-state index in [4.69, 9.17) is 4.52 Å². The number of fused-ring (bicyclic) bond motifs is 2. The van der Waals surface area contributed by atoms with Crippen LogP contribution in [-0.2, 0) is 0 Å². The smallest absolute Gasteiger partial charge is 0.258 e. The molecule has 1 amide bonds. The summed E-state index contributed by atoms with van der Waals surface area (Å²) in [4.78, 5) is 24.0. The lowest BCUT2D eigenvalue weighted by atomic mass is 10.0. The second-order valence-electron chi connectivity index (χ2n) is 8.17. The minimum absolute atomic E-state index is 0.0629. The van der Waals surface area contributed by atoms with Crippen LogP contribution < -0.4 is 5.32 Å². The minimum atomic E-state index is -0.453. The number of carbonyl (C=O) groups excluding carboxylic acids is 1. The highest BCUT2D eigenvalue weighted by atomic mass is 19.1. The molecule has 3 unspecified atom stereocenters. The first-order valence-electron chi connectivity index (χ1n) is 10.1. The number of hydrogen-bond acceptors (Lipinski definition) is 6. The van der Waals surface area contributed by atoms with Crippen LogP contribution in [-0.4, -0.2) is 44.6 Å². The molecule has 154 valence electrons. The summed E-state index contributed by atoms with van der Waals surface area (Å²) < 4.78 is 19.1. The summed E-state index contributed by atoms with van der Waals surface area (Å²) in [5, 5.41) is 7.26. The van der Waals surface area contributed by atoms with Crippen LogP contribution in [0.2, 0.25) is 0 Å². The number of anilines is 1. The molecule has 1 N–H and O–H groups in total. The number of pyridine rings is 1. The number of aromatic nitrogens is 3. The van der Waals surface area contributed by atoms with Crippen LogP contribution >= 0.6 is 0 Å². The fourth-order valence-electron chi connectivity index (χ4n) is 4.60. The van der Waals surface area contributed by atoms with Gasteiger partial charge in [0, 0.05) is 18.8 Å². The van der Waals surface area contributed by atoms with Gasteiger partial charge in [0.25, 0.3) is 11.8 Å². The molecule has 3 heterocycles. The molecule has 3 atom stereocenters. The molecule has 30 heavy (non-hydrogen) atoms. The first-order valence-corrected chi connectivity index (χ1v) is 10.1. The maximum Gasteiger partial charge on any atom is 0.258 e. The molecular weight excluding hydrogens is 385 g/mol. The average molecular weight is 407 g/mol. The summed E-state index contributed by atoms with van der Waals surface area (Å²) >= 11 is 0. The van der Waals surface area contributed by atoms with Crippen molar-refractivity contribution < 1.29 is 13.7 Å². The molecule has 1 aliphatic heterocycles. The van der Waals surface area contributed by atoms with E-state index >= 15 is 0 Å². The van der Waals surface area contributed by atoms with Crippen molar-refractivity contribution in [2.24, 2.45) is 5.92 Å². The first-order chi connectivity index (χ1) is 14.5. The Labute approximate surface area is 173 Å². The number of benzene rings is 1. The van der Waals surface area contributed by atoms with Crippen molar-refractivity contribution >= 4 is 11.7 Å². The molecule has 2 fully saturated rings. The highest BCUT2D eigenvalue weighted by Crippen LogP contribution is 2.40. The third-order valence-corrected chi connectivity index (χ3v) is 5.96. The number of carbonyl (C=O) groups is 1. The molecular formula is C22H22FN5O2. The second-order valence-corrected chi connectivity index (χ2v) is 8.17. The minimum Gasteiger partial charge on any atom is -0.365 e.